The fourth-order valence-electron chi connectivity index (χ4n) is 2.33. The van der Waals surface area contributed by atoms with Gasteiger partial charge in [0, 0.05) is 36.1 Å². The number of guanidine groups is 1. The molecule has 8 heteroatoms. The van der Waals surface area contributed by atoms with Crippen LogP contribution < -0.4 is 16.0 Å². The molecule has 0 aliphatic heterocycles. The van der Waals surface area contributed by atoms with Gasteiger partial charge < -0.3 is 20.4 Å². The topological polar surface area (TPSA) is 91.5 Å². The number of carbonyl (C=O) groups is 1. The Morgan fingerprint density at radius 1 is 1.21 bits per heavy atom. The zero-order valence-electron chi connectivity index (χ0n) is 16.8. The molecule has 152 valence electrons. The second-order valence-corrected chi connectivity index (χ2v) is 7.82. The summed E-state index contributed by atoms with van der Waals surface area (Å²) in [5, 5.41) is 9.81. The summed E-state index contributed by atoms with van der Waals surface area (Å²) in [5.74, 6) is 2.05. The Labute approximate surface area is 171 Å². The van der Waals surface area contributed by atoms with Gasteiger partial charge in [0.25, 0.3) is 0 Å². The molecule has 0 radical (unpaired) electrons. The Bertz CT molecular complexity index is 794. The van der Waals surface area contributed by atoms with Crippen molar-refractivity contribution in [2.45, 2.75) is 45.6 Å². The molecule has 0 aliphatic rings. The number of anilines is 1. The van der Waals surface area contributed by atoms with E-state index in [0.29, 0.717) is 42.8 Å². The molecular formula is C20H28ClN5O2. The van der Waals surface area contributed by atoms with Crippen LogP contribution in [-0.4, -0.2) is 30.4 Å². The van der Waals surface area contributed by atoms with E-state index in [1.165, 1.54) is 0 Å². The third-order valence-electron chi connectivity index (χ3n) is 3.92. The third-order valence-corrected chi connectivity index (χ3v) is 4.18. The number of nitrogens with one attached hydrogen (secondary N) is 3. The molecule has 7 nitrogen and oxygen atoms in total. The lowest BCUT2D eigenvalue weighted by Gasteiger charge is -2.13. The first-order valence-corrected chi connectivity index (χ1v) is 9.61. The largest absolute Gasteiger partial charge is 0.443 e. The van der Waals surface area contributed by atoms with Crippen molar-refractivity contribution in [3.8, 4) is 0 Å². The van der Waals surface area contributed by atoms with E-state index in [0.717, 1.165) is 11.4 Å². The number of oxazole rings is 1. The third kappa shape index (κ3) is 7.23. The van der Waals surface area contributed by atoms with Crippen molar-refractivity contribution in [3.63, 3.8) is 0 Å². The highest BCUT2D eigenvalue weighted by Gasteiger charge is 2.19. The molecule has 0 saturated carbocycles. The summed E-state index contributed by atoms with van der Waals surface area (Å²) in [7, 11) is 1.69. The maximum absolute atomic E-state index is 12.0. The van der Waals surface area contributed by atoms with Gasteiger partial charge in [-0.3, -0.25) is 9.79 Å². The average molecular weight is 406 g/mol. The highest BCUT2D eigenvalue weighted by molar-refractivity contribution is 6.30. The molecule has 0 atom stereocenters. The van der Waals surface area contributed by atoms with Gasteiger partial charge in [0.1, 0.15) is 5.76 Å². The van der Waals surface area contributed by atoms with Gasteiger partial charge in [0.15, 0.2) is 5.96 Å². The second-order valence-electron chi connectivity index (χ2n) is 7.38. The summed E-state index contributed by atoms with van der Waals surface area (Å²) in [6, 6.07) is 7.04. The van der Waals surface area contributed by atoms with Crippen LogP contribution in [0.25, 0.3) is 0 Å². The zero-order chi connectivity index (χ0) is 20.6. The smallest absolute Gasteiger partial charge is 0.224 e. The normalized spacial score (nSPS) is 12.0. The van der Waals surface area contributed by atoms with Crippen LogP contribution in [0.2, 0.25) is 5.02 Å². The number of halogens is 1. The zero-order valence-corrected chi connectivity index (χ0v) is 17.6. The molecule has 1 amide bonds. The first kappa shape index (κ1) is 21.8. The predicted octanol–water partition coefficient (Wildman–Crippen LogP) is 3.71. The maximum atomic E-state index is 12.0. The SMILES string of the molecule is CN=C(NCCCC(=O)Nc1ccc(Cl)cc1)NCc1ncc(C(C)(C)C)o1. The monoisotopic (exact) mass is 405 g/mol. The minimum absolute atomic E-state index is 0.0402. The molecule has 3 N–H and O–H groups in total. The van der Waals surface area contributed by atoms with E-state index in [1.807, 2.05) is 0 Å². The van der Waals surface area contributed by atoms with Crippen LogP contribution in [0.1, 0.15) is 45.3 Å². The first-order chi connectivity index (χ1) is 13.3. The fourth-order valence-corrected chi connectivity index (χ4v) is 2.46. The van der Waals surface area contributed by atoms with E-state index < -0.39 is 0 Å². The molecule has 2 rings (SSSR count). The first-order valence-electron chi connectivity index (χ1n) is 9.23. The van der Waals surface area contributed by atoms with Gasteiger partial charge in [-0.05, 0) is 30.7 Å². The second kappa shape index (κ2) is 10.1. The van der Waals surface area contributed by atoms with Crippen LogP contribution in [0, 0.1) is 0 Å². The standard InChI is InChI=1S/C20H28ClN5O2/c1-20(2,3)16-12-24-18(28-16)13-25-19(22-4)23-11-5-6-17(27)26-15-9-7-14(21)8-10-15/h7-10,12H,5-6,11,13H2,1-4H3,(H,26,27)(H2,22,23,25). The summed E-state index contributed by atoms with van der Waals surface area (Å²) >= 11 is 5.83. The molecule has 1 heterocycles. The van der Waals surface area contributed by atoms with Crippen LogP contribution in [0.5, 0.6) is 0 Å². The number of carbonyl (C=O) groups excluding carboxylic acids is 1. The van der Waals surface area contributed by atoms with Crippen molar-refractivity contribution < 1.29 is 9.21 Å². The minimum atomic E-state index is -0.0717. The molecule has 2 aromatic rings. The average Bonchev–Trinajstić information content (AvgIpc) is 3.12. The molecule has 0 aliphatic carbocycles. The molecule has 28 heavy (non-hydrogen) atoms. The van der Waals surface area contributed by atoms with Gasteiger partial charge >= 0.3 is 0 Å². The van der Waals surface area contributed by atoms with Gasteiger partial charge in [-0.15, -0.1) is 0 Å². The fraction of sp³-hybridized carbons (Fsp3) is 0.450. The highest BCUT2D eigenvalue weighted by Crippen LogP contribution is 2.22. The van der Waals surface area contributed by atoms with Crippen LogP contribution in [0.3, 0.4) is 0 Å². The van der Waals surface area contributed by atoms with Gasteiger partial charge in [0.05, 0.1) is 12.7 Å². The van der Waals surface area contributed by atoms with Crippen LogP contribution in [-0.2, 0) is 16.8 Å². The Morgan fingerprint density at radius 3 is 2.54 bits per heavy atom. The van der Waals surface area contributed by atoms with Crippen LogP contribution in [0.15, 0.2) is 39.9 Å². The number of benzene rings is 1. The number of rotatable bonds is 7. The van der Waals surface area contributed by atoms with E-state index in [2.05, 4.69) is 46.7 Å². The van der Waals surface area contributed by atoms with Crippen LogP contribution in [0.4, 0.5) is 5.69 Å². The molecule has 0 fully saturated rings. The van der Waals surface area contributed by atoms with Crippen molar-refractivity contribution in [2.75, 3.05) is 18.9 Å². The van der Waals surface area contributed by atoms with Gasteiger partial charge in [-0.2, -0.15) is 0 Å². The number of aliphatic imine (C=N–C) groups is 1. The quantitative estimate of drug-likeness (QED) is 0.371. The summed E-state index contributed by atoms with van der Waals surface area (Å²) in [4.78, 5) is 20.4. The van der Waals surface area contributed by atoms with Crippen molar-refractivity contribution in [3.05, 3.63) is 47.1 Å². The van der Waals surface area contributed by atoms with Gasteiger partial charge in [-0.1, -0.05) is 32.4 Å². The van der Waals surface area contributed by atoms with Gasteiger partial charge in [-0.25, -0.2) is 4.98 Å². The number of nitrogens with zero attached hydrogens (tertiary/aromatic N) is 2. The number of aromatic nitrogens is 1. The Balaban J connectivity index is 1.67. The number of amides is 1. The summed E-state index contributed by atoms with van der Waals surface area (Å²) in [6.45, 7) is 7.29. The molecule has 0 unspecified atom stereocenters. The summed E-state index contributed by atoms with van der Waals surface area (Å²) in [5.41, 5.74) is 0.665. The van der Waals surface area contributed by atoms with E-state index in [1.54, 1.807) is 37.5 Å². The Hall–Kier alpha value is -2.54. The van der Waals surface area contributed by atoms with Crippen molar-refractivity contribution in [2.24, 2.45) is 4.99 Å². The lowest BCUT2D eigenvalue weighted by atomic mass is 9.94. The lowest BCUT2D eigenvalue weighted by molar-refractivity contribution is -0.116. The number of hydrogen-bond acceptors (Lipinski definition) is 4. The molecule has 0 bridgehead atoms. The molecule has 0 saturated heterocycles. The van der Waals surface area contributed by atoms with E-state index in [-0.39, 0.29) is 11.3 Å². The van der Waals surface area contributed by atoms with Crippen LogP contribution >= 0.6 is 11.6 Å². The number of hydrogen-bond donors (Lipinski definition) is 3. The van der Waals surface area contributed by atoms with Crippen molar-refractivity contribution in [1.29, 1.82) is 0 Å². The van der Waals surface area contributed by atoms with Crippen molar-refractivity contribution >= 4 is 29.2 Å². The predicted molar refractivity (Wildman–Crippen MR) is 113 cm³/mol. The van der Waals surface area contributed by atoms with E-state index in [4.69, 9.17) is 16.0 Å². The summed E-state index contributed by atoms with van der Waals surface area (Å²) < 4.78 is 5.75. The molecular weight excluding hydrogens is 378 g/mol. The summed E-state index contributed by atoms with van der Waals surface area (Å²) in [6.07, 6.45) is 2.83. The van der Waals surface area contributed by atoms with E-state index in [9.17, 15) is 4.79 Å². The lowest BCUT2D eigenvalue weighted by Crippen LogP contribution is -2.37. The van der Waals surface area contributed by atoms with Crippen molar-refractivity contribution in [1.82, 2.24) is 15.6 Å². The highest BCUT2D eigenvalue weighted by atomic mass is 35.5. The molecule has 1 aromatic heterocycles. The van der Waals surface area contributed by atoms with E-state index >= 15 is 0 Å². The Morgan fingerprint density at radius 2 is 1.93 bits per heavy atom. The van der Waals surface area contributed by atoms with Gasteiger partial charge in [0.2, 0.25) is 11.8 Å². The maximum Gasteiger partial charge on any atom is 0.224 e. The molecule has 0 spiro atoms. The Kier molecular flexibility index (Phi) is 7.87. The molecule has 1 aromatic carbocycles. The minimum Gasteiger partial charge on any atom is -0.443 e.